The molecule has 0 fully saturated rings. The molecule has 1 aliphatic carbocycles. The number of fused-ring (bicyclic) bond motifs is 1. The minimum Gasteiger partial charge on any atom is -0.504 e. The molecule has 7 nitrogen and oxygen atoms in total. The lowest BCUT2D eigenvalue weighted by molar-refractivity contribution is -0.151. The highest BCUT2D eigenvalue weighted by Crippen LogP contribution is 2.44. The highest BCUT2D eigenvalue weighted by molar-refractivity contribution is 6.11. The monoisotopic (exact) mass is 422 g/mol. The van der Waals surface area contributed by atoms with Gasteiger partial charge in [-0.15, -0.1) is 0 Å². The maximum atomic E-state index is 13.6. The zero-order valence-electron chi connectivity index (χ0n) is 17.8. The Morgan fingerprint density at radius 2 is 1.94 bits per heavy atom. The van der Waals surface area contributed by atoms with Crippen LogP contribution in [-0.4, -0.2) is 30.6 Å². The van der Waals surface area contributed by atoms with Gasteiger partial charge < -0.3 is 25.2 Å². The molecule has 2 aromatic carbocycles. The van der Waals surface area contributed by atoms with Crippen LogP contribution in [0.3, 0.4) is 0 Å². The molecule has 0 saturated carbocycles. The average Bonchev–Trinajstić information content (AvgIpc) is 2.91. The van der Waals surface area contributed by atoms with Crippen molar-refractivity contribution < 1.29 is 24.2 Å². The van der Waals surface area contributed by atoms with E-state index in [4.69, 9.17) is 9.47 Å². The van der Waals surface area contributed by atoms with Crippen LogP contribution in [0.1, 0.15) is 31.9 Å². The normalized spacial score (nSPS) is 22.4. The van der Waals surface area contributed by atoms with E-state index in [0.29, 0.717) is 24.4 Å². The minimum atomic E-state index is -0.862. The molecule has 162 valence electrons. The van der Waals surface area contributed by atoms with Crippen molar-refractivity contribution in [3.05, 3.63) is 59.3 Å². The summed E-state index contributed by atoms with van der Waals surface area (Å²) >= 11 is 0. The predicted octanol–water partition coefficient (Wildman–Crippen LogP) is 4.02. The van der Waals surface area contributed by atoms with E-state index < -0.39 is 17.9 Å². The molecule has 31 heavy (non-hydrogen) atoms. The number of aromatic hydroxyl groups is 1. The first-order valence-corrected chi connectivity index (χ1v) is 10.4. The lowest BCUT2D eigenvalue weighted by atomic mass is 9.75. The maximum absolute atomic E-state index is 13.6. The van der Waals surface area contributed by atoms with Crippen LogP contribution >= 0.6 is 0 Å². The molecular formula is C24H26N2O5. The second-order valence-corrected chi connectivity index (χ2v) is 7.85. The Kier molecular flexibility index (Phi) is 5.59. The number of ether oxygens (including phenoxy) is 2. The number of allylic oxidation sites excluding steroid dienone is 1. The molecule has 1 aliphatic heterocycles. The maximum Gasteiger partial charge on any atom is 0.316 e. The van der Waals surface area contributed by atoms with Crippen LogP contribution in [-0.2, 0) is 14.3 Å². The Morgan fingerprint density at radius 3 is 2.65 bits per heavy atom. The predicted molar refractivity (Wildman–Crippen MR) is 117 cm³/mol. The summed E-state index contributed by atoms with van der Waals surface area (Å²) in [7, 11) is 1.30. The number of nitrogens with one attached hydrogen (secondary N) is 2. The van der Waals surface area contributed by atoms with Crippen molar-refractivity contribution in [2.45, 2.75) is 26.3 Å². The van der Waals surface area contributed by atoms with Crippen LogP contribution in [0.2, 0.25) is 0 Å². The third kappa shape index (κ3) is 3.71. The summed E-state index contributed by atoms with van der Waals surface area (Å²) < 4.78 is 10.5. The quantitative estimate of drug-likeness (QED) is 0.506. The second-order valence-electron chi connectivity index (χ2n) is 7.85. The molecule has 1 heterocycles. The third-order valence-electron chi connectivity index (χ3n) is 5.84. The van der Waals surface area contributed by atoms with Crippen molar-refractivity contribution in [1.82, 2.24) is 0 Å². The number of esters is 1. The second kappa shape index (κ2) is 8.34. The van der Waals surface area contributed by atoms with Gasteiger partial charge in [0.1, 0.15) is 5.92 Å². The van der Waals surface area contributed by atoms with E-state index in [9.17, 15) is 14.7 Å². The van der Waals surface area contributed by atoms with Gasteiger partial charge >= 0.3 is 5.97 Å². The molecule has 3 atom stereocenters. The number of hydrogen-bond donors (Lipinski definition) is 3. The Balaban J connectivity index is 1.87. The average molecular weight is 422 g/mol. The number of methoxy groups -OCH3 is 1. The summed E-state index contributed by atoms with van der Waals surface area (Å²) in [6, 6.07) is 12.2. The summed E-state index contributed by atoms with van der Waals surface area (Å²) in [5, 5.41) is 17.0. The Labute approximate surface area is 181 Å². The molecule has 0 saturated heterocycles. The molecule has 4 rings (SSSR count). The van der Waals surface area contributed by atoms with E-state index >= 15 is 0 Å². The number of Topliss-reactive ketones (excluding diaryl/α,β-unsaturated/α-hetero) is 1. The zero-order chi connectivity index (χ0) is 22.1. The van der Waals surface area contributed by atoms with Gasteiger partial charge in [0.25, 0.3) is 0 Å². The fraction of sp³-hybridized carbons (Fsp3) is 0.333. The van der Waals surface area contributed by atoms with Crippen LogP contribution in [0.25, 0.3) is 0 Å². The van der Waals surface area contributed by atoms with Gasteiger partial charge in [0.15, 0.2) is 17.3 Å². The molecule has 0 spiro atoms. The van der Waals surface area contributed by atoms with Gasteiger partial charge in [0.05, 0.1) is 31.1 Å². The van der Waals surface area contributed by atoms with Gasteiger partial charge in [0.2, 0.25) is 0 Å². The molecule has 0 unspecified atom stereocenters. The van der Waals surface area contributed by atoms with Crippen LogP contribution in [0.5, 0.6) is 11.5 Å². The molecule has 2 aromatic rings. The Bertz CT molecular complexity index is 1060. The van der Waals surface area contributed by atoms with Crippen LogP contribution in [0.15, 0.2) is 53.7 Å². The van der Waals surface area contributed by atoms with Gasteiger partial charge in [-0.25, -0.2) is 0 Å². The lowest BCUT2D eigenvalue weighted by Crippen LogP contribution is -2.39. The highest BCUT2D eigenvalue weighted by atomic mass is 16.5. The topological polar surface area (TPSA) is 96.9 Å². The van der Waals surface area contributed by atoms with Crippen LogP contribution < -0.4 is 15.4 Å². The van der Waals surface area contributed by atoms with E-state index in [1.807, 2.05) is 38.1 Å². The Hall–Kier alpha value is -3.48. The molecular weight excluding hydrogens is 396 g/mol. The molecule has 3 N–H and O–H groups in total. The van der Waals surface area contributed by atoms with E-state index in [1.165, 1.54) is 7.11 Å². The van der Waals surface area contributed by atoms with Crippen LogP contribution in [0.4, 0.5) is 11.4 Å². The fourth-order valence-electron chi connectivity index (χ4n) is 4.37. The van der Waals surface area contributed by atoms with Gasteiger partial charge in [-0.3, -0.25) is 9.59 Å². The molecule has 0 amide bonds. The number of carbonyl (C=O) groups excluding carboxylic acids is 2. The number of anilines is 2. The Morgan fingerprint density at radius 1 is 1.19 bits per heavy atom. The first-order valence-electron chi connectivity index (χ1n) is 10.4. The van der Waals surface area contributed by atoms with Crippen molar-refractivity contribution in [3.63, 3.8) is 0 Å². The first-order chi connectivity index (χ1) is 14.9. The van der Waals surface area contributed by atoms with E-state index in [1.54, 1.807) is 18.2 Å². The SMILES string of the molecule is CCOc1cc([C@@H]2Nc3ccccc3NC3=C2C(=O)[C@H](C(=O)OC)[C@@H](C)C3)ccc1O. The van der Waals surface area contributed by atoms with E-state index in [2.05, 4.69) is 10.6 Å². The molecule has 7 heteroatoms. The molecule has 0 aromatic heterocycles. The van der Waals surface area contributed by atoms with Gasteiger partial charge in [-0.1, -0.05) is 25.1 Å². The van der Waals surface area contributed by atoms with E-state index in [0.717, 1.165) is 22.6 Å². The van der Waals surface area contributed by atoms with Gasteiger partial charge in [-0.05, 0) is 49.1 Å². The molecule has 0 radical (unpaired) electrons. The standard InChI is InChI=1S/C24H26N2O5/c1-4-31-19-12-14(9-10-18(19)27)22-21-17(25-15-7-5-6-8-16(15)26-22)11-13(2)20(23(21)28)24(29)30-3/h5-10,12-13,20,22,25-27H,4,11H2,1-3H3/t13-,20+,22-/m0/s1. The minimum absolute atomic E-state index is 0.0305. The largest absolute Gasteiger partial charge is 0.504 e. The van der Waals surface area contributed by atoms with E-state index in [-0.39, 0.29) is 17.5 Å². The summed E-state index contributed by atoms with van der Waals surface area (Å²) in [5.74, 6) is -1.47. The number of benzene rings is 2. The lowest BCUT2D eigenvalue weighted by Gasteiger charge is -2.32. The summed E-state index contributed by atoms with van der Waals surface area (Å²) in [5.41, 5.74) is 3.73. The van der Waals surface area contributed by atoms with Crippen molar-refractivity contribution in [2.75, 3.05) is 24.4 Å². The van der Waals surface area contributed by atoms with Crippen molar-refractivity contribution in [2.24, 2.45) is 11.8 Å². The first kappa shape index (κ1) is 20.8. The summed E-state index contributed by atoms with van der Waals surface area (Å²) in [6.07, 6.45) is 0.532. The summed E-state index contributed by atoms with van der Waals surface area (Å²) in [6.45, 7) is 4.12. The number of rotatable bonds is 4. The smallest absolute Gasteiger partial charge is 0.316 e. The zero-order valence-corrected chi connectivity index (χ0v) is 17.8. The third-order valence-corrected chi connectivity index (χ3v) is 5.84. The highest BCUT2D eigenvalue weighted by Gasteiger charge is 2.44. The van der Waals surface area contributed by atoms with Crippen LogP contribution in [0, 0.1) is 11.8 Å². The number of ketones is 1. The van der Waals surface area contributed by atoms with Crippen molar-refractivity contribution >= 4 is 23.1 Å². The number of phenolic OH excluding ortho intramolecular Hbond substituents is 1. The number of para-hydroxylation sites is 2. The fourth-order valence-corrected chi connectivity index (χ4v) is 4.37. The van der Waals surface area contributed by atoms with Gasteiger partial charge in [-0.2, -0.15) is 0 Å². The molecule has 0 bridgehead atoms. The van der Waals surface area contributed by atoms with Crippen molar-refractivity contribution in [1.29, 1.82) is 0 Å². The number of hydrogen-bond acceptors (Lipinski definition) is 7. The number of phenols is 1. The summed E-state index contributed by atoms with van der Waals surface area (Å²) in [4.78, 5) is 26.1. The molecule has 2 aliphatic rings. The number of carbonyl (C=O) groups is 2. The van der Waals surface area contributed by atoms with Crippen molar-refractivity contribution in [3.8, 4) is 11.5 Å². The van der Waals surface area contributed by atoms with Gasteiger partial charge in [0, 0.05) is 11.3 Å².